The molecule has 0 amide bonds. The number of hydrogen-bond donors (Lipinski definition) is 2. The van der Waals surface area contributed by atoms with Crippen molar-refractivity contribution in [1.82, 2.24) is 25.3 Å². The first-order chi connectivity index (χ1) is 14.8. The van der Waals surface area contributed by atoms with Crippen molar-refractivity contribution in [2.24, 2.45) is 4.99 Å². The lowest BCUT2D eigenvalue weighted by molar-refractivity contribution is 0.428. The van der Waals surface area contributed by atoms with Crippen molar-refractivity contribution >= 4 is 33.8 Å². The first kappa shape index (κ1) is 19.6. The highest BCUT2D eigenvalue weighted by Crippen LogP contribution is 2.34. The average Bonchev–Trinajstić information content (AvgIpc) is 3.45. The minimum absolute atomic E-state index is 0.516. The molecule has 1 aliphatic heterocycles. The summed E-state index contributed by atoms with van der Waals surface area (Å²) in [6.07, 6.45) is 9.37. The third-order valence-corrected chi connectivity index (χ3v) is 7.23. The molecule has 0 spiro atoms. The van der Waals surface area contributed by atoms with E-state index < -0.39 is 0 Å². The highest BCUT2D eigenvalue weighted by molar-refractivity contribution is 7.14. The predicted octanol–water partition coefficient (Wildman–Crippen LogP) is 4.84. The smallest absolute Gasteiger partial charge is 0.197 e. The summed E-state index contributed by atoms with van der Waals surface area (Å²) >= 11 is 3.18. The minimum Gasteiger partial charge on any atom is -0.356 e. The molecule has 3 aromatic rings. The highest BCUT2D eigenvalue weighted by Gasteiger charge is 2.20. The fourth-order valence-corrected chi connectivity index (χ4v) is 5.51. The molecule has 0 aromatic carbocycles. The number of aliphatic imine (C=N–C) groups is 1. The van der Waals surface area contributed by atoms with Gasteiger partial charge in [0.2, 0.25) is 0 Å². The monoisotopic (exact) mass is 439 g/mol. The van der Waals surface area contributed by atoms with Gasteiger partial charge in [0.15, 0.2) is 11.1 Å². The van der Waals surface area contributed by atoms with Crippen LogP contribution in [0.2, 0.25) is 0 Å². The van der Waals surface area contributed by atoms with Crippen molar-refractivity contribution in [2.45, 2.75) is 51.4 Å². The molecular weight excluding hydrogens is 414 g/mol. The van der Waals surface area contributed by atoms with Crippen LogP contribution in [-0.2, 0) is 0 Å². The Hall–Kier alpha value is -2.39. The number of thiazole rings is 2. The Morgan fingerprint density at radius 3 is 2.63 bits per heavy atom. The maximum Gasteiger partial charge on any atom is 0.197 e. The summed E-state index contributed by atoms with van der Waals surface area (Å²) in [5, 5.41) is 12.4. The Labute approximate surface area is 184 Å². The van der Waals surface area contributed by atoms with Crippen molar-refractivity contribution in [2.75, 3.05) is 18.4 Å². The van der Waals surface area contributed by atoms with E-state index in [1.807, 2.05) is 11.6 Å². The summed E-state index contributed by atoms with van der Waals surface area (Å²) in [6, 6.07) is 0. The zero-order valence-electron chi connectivity index (χ0n) is 17.0. The van der Waals surface area contributed by atoms with E-state index in [2.05, 4.69) is 32.9 Å². The Morgan fingerprint density at radius 2 is 1.83 bits per heavy atom. The summed E-state index contributed by atoms with van der Waals surface area (Å²) in [7, 11) is 0. The van der Waals surface area contributed by atoms with Crippen LogP contribution in [0.25, 0.3) is 22.0 Å². The molecule has 1 aliphatic carbocycles. The normalized spacial score (nSPS) is 17.4. The number of anilines is 1. The standard InChI is InChI=1S/C21H25N7S2/c1-13-15(10-24-18(25-13)14-6-3-2-4-7-14)19-26-16(11-29-19)17-12-30-21(27-17)28-20-22-8-5-9-23-20/h10-12,14H,2-9H2,1H3,(H2,22,23,27,28). The first-order valence-corrected chi connectivity index (χ1v) is 12.3. The quantitative estimate of drug-likeness (QED) is 0.605. The largest absolute Gasteiger partial charge is 0.356 e. The van der Waals surface area contributed by atoms with Crippen LogP contribution in [0.3, 0.4) is 0 Å². The topological polar surface area (TPSA) is 88.0 Å². The number of rotatable bonds is 4. The van der Waals surface area contributed by atoms with Gasteiger partial charge in [0.05, 0.1) is 11.3 Å². The van der Waals surface area contributed by atoms with E-state index in [1.54, 1.807) is 22.7 Å². The molecule has 5 rings (SSSR count). The van der Waals surface area contributed by atoms with Crippen LogP contribution in [0.4, 0.5) is 5.13 Å². The summed E-state index contributed by atoms with van der Waals surface area (Å²) < 4.78 is 0. The van der Waals surface area contributed by atoms with Crippen molar-refractivity contribution in [1.29, 1.82) is 0 Å². The summed E-state index contributed by atoms with van der Waals surface area (Å²) in [5.41, 5.74) is 3.78. The average molecular weight is 440 g/mol. The molecule has 2 aliphatic rings. The molecule has 2 N–H and O–H groups in total. The number of nitrogens with zero attached hydrogens (tertiary/aromatic N) is 5. The minimum atomic E-state index is 0.516. The molecule has 1 fully saturated rings. The van der Waals surface area contributed by atoms with Gasteiger partial charge in [-0.3, -0.25) is 4.99 Å². The van der Waals surface area contributed by atoms with Crippen molar-refractivity contribution in [3.8, 4) is 22.0 Å². The molecule has 7 nitrogen and oxygen atoms in total. The van der Waals surface area contributed by atoms with E-state index >= 15 is 0 Å². The van der Waals surface area contributed by atoms with Crippen LogP contribution in [-0.4, -0.2) is 39.0 Å². The van der Waals surface area contributed by atoms with E-state index in [0.717, 1.165) is 64.1 Å². The van der Waals surface area contributed by atoms with E-state index in [0.29, 0.717) is 5.92 Å². The van der Waals surface area contributed by atoms with Gasteiger partial charge in [-0.25, -0.2) is 19.9 Å². The van der Waals surface area contributed by atoms with Gasteiger partial charge in [0.1, 0.15) is 22.2 Å². The first-order valence-electron chi connectivity index (χ1n) is 10.6. The summed E-state index contributed by atoms with van der Waals surface area (Å²) in [4.78, 5) is 23.5. The van der Waals surface area contributed by atoms with Crippen molar-refractivity contribution < 1.29 is 0 Å². The molecule has 0 radical (unpaired) electrons. The zero-order valence-corrected chi connectivity index (χ0v) is 18.7. The number of aromatic nitrogens is 4. The van der Waals surface area contributed by atoms with Crippen molar-refractivity contribution in [3.63, 3.8) is 0 Å². The Bertz CT molecular complexity index is 1050. The maximum atomic E-state index is 4.84. The van der Waals surface area contributed by atoms with Gasteiger partial charge < -0.3 is 10.6 Å². The van der Waals surface area contributed by atoms with Gasteiger partial charge in [0.25, 0.3) is 0 Å². The molecule has 0 saturated heterocycles. The summed E-state index contributed by atoms with van der Waals surface area (Å²) in [6.45, 7) is 3.86. The van der Waals surface area contributed by atoms with Gasteiger partial charge in [0, 0.05) is 36.0 Å². The molecule has 1 saturated carbocycles. The fourth-order valence-electron chi connectivity index (χ4n) is 3.93. The second-order valence-corrected chi connectivity index (χ2v) is 9.49. The van der Waals surface area contributed by atoms with Crippen LogP contribution in [0.1, 0.15) is 56.0 Å². The molecule has 156 valence electrons. The molecular formula is C21H25N7S2. The molecule has 9 heteroatoms. The van der Waals surface area contributed by atoms with Crippen LogP contribution in [0.15, 0.2) is 21.9 Å². The highest BCUT2D eigenvalue weighted by atomic mass is 32.1. The number of aryl methyl sites for hydroxylation is 1. The van der Waals surface area contributed by atoms with E-state index in [-0.39, 0.29) is 0 Å². The molecule has 0 atom stereocenters. The molecule has 0 unspecified atom stereocenters. The lowest BCUT2D eigenvalue weighted by Crippen LogP contribution is -2.35. The van der Waals surface area contributed by atoms with Gasteiger partial charge in [-0.15, -0.1) is 22.7 Å². The zero-order chi connectivity index (χ0) is 20.3. The van der Waals surface area contributed by atoms with Crippen LogP contribution in [0.5, 0.6) is 0 Å². The maximum absolute atomic E-state index is 4.84. The van der Waals surface area contributed by atoms with Gasteiger partial charge >= 0.3 is 0 Å². The fraction of sp³-hybridized carbons (Fsp3) is 0.476. The molecule has 0 bridgehead atoms. The second-order valence-electron chi connectivity index (χ2n) is 7.77. The lowest BCUT2D eigenvalue weighted by atomic mass is 9.88. The Morgan fingerprint density at radius 1 is 1.00 bits per heavy atom. The van der Waals surface area contributed by atoms with Crippen LogP contribution >= 0.6 is 22.7 Å². The van der Waals surface area contributed by atoms with Crippen LogP contribution in [0, 0.1) is 6.92 Å². The van der Waals surface area contributed by atoms with E-state index in [9.17, 15) is 0 Å². The second kappa shape index (κ2) is 8.77. The molecule has 4 heterocycles. The van der Waals surface area contributed by atoms with Crippen LogP contribution < -0.4 is 10.6 Å². The SMILES string of the molecule is Cc1nc(C2CCCCC2)ncc1-c1nc(-c2csc(NC3=NCCCN3)n2)cs1. The third-order valence-electron chi connectivity index (χ3n) is 5.59. The summed E-state index contributed by atoms with van der Waals surface area (Å²) in [5.74, 6) is 2.32. The van der Waals surface area contributed by atoms with Gasteiger partial charge in [-0.05, 0) is 26.2 Å². The third kappa shape index (κ3) is 4.22. The number of guanidine groups is 1. The van der Waals surface area contributed by atoms with E-state index in [4.69, 9.17) is 15.0 Å². The molecule has 30 heavy (non-hydrogen) atoms. The van der Waals surface area contributed by atoms with Gasteiger partial charge in [-0.1, -0.05) is 19.3 Å². The lowest BCUT2D eigenvalue weighted by Gasteiger charge is -2.20. The number of nitrogens with one attached hydrogen (secondary N) is 2. The number of hydrogen-bond acceptors (Lipinski definition) is 9. The Kier molecular flexibility index (Phi) is 5.72. The Balaban J connectivity index is 1.32. The van der Waals surface area contributed by atoms with E-state index in [1.165, 1.54) is 32.1 Å². The molecule has 3 aromatic heterocycles. The van der Waals surface area contributed by atoms with Gasteiger partial charge in [-0.2, -0.15) is 0 Å². The predicted molar refractivity (Wildman–Crippen MR) is 123 cm³/mol. The van der Waals surface area contributed by atoms with Crippen molar-refractivity contribution in [3.05, 3.63) is 28.5 Å².